The summed E-state index contributed by atoms with van der Waals surface area (Å²) in [6.45, 7) is 6.96. The smallest absolute Gasteiger partial charge is 0.280 e. The molecule has 0 bridgehead atoms. The second-order valence-corrected chi connectivity index (χ2v) is 16.8. The van der Waals surface area contributed by atoms with E-state index in [0.717, 1.165) is 58.5 Å². The van der Waals surface area contributed by atoms with Gasteiger partial charge in [0, 0.05) is 51.1 Å². The number of allylic oxidation sites excluding steroid dienone is 4. The van der Waals surface area contributed by atoms with Crippen molar-refractivity contribution in [2.75, 3.05) is 52.5 Å². The third-order valence-electron chi connectivity index (χ3n) is 6.64. The van der Waals surface area contributed by atoms with Crippen LogP contribution < -0.4 is 10.2 Å². The molecule has 33 heavy (non-hydrogen) atoms. The summed E-state index contributed by atoms with van der Waals surface area (Å²) in [5.41, 5.74) is 0. The number of nitrogens with one attached hydrogen (secondary N) is 2. The minimum absolute atomic E-state index is 0.390. The van der Waals surface area contributed by atoms with E-state index in [-0.39, 0.29) is 0 Å². The molecule has 0 aromatic heterocycles. The third kappa shape index (κ3) is 4.53. The summed E-state index contributed by atoms with van der Waals surface area (Å²) in [6, 6.07) is 0. The van der Waals surface area contributed by atoms with Crippen LogP contribution in [0, 0.1) is 11.8 Å². The van der Waals surface area contributed by atoms with Crippen LogP contribution in [0.25, 0.3) is 0 Å². The molecule has 0 aromatic rings. The van der Waals surface area contributed by atoms with Crippen LogP contribution in [0.5, 0.6) is 0 Å². The first-order chi connectivity index (χ1) is 16.2. The summed E-state index contributed by atoms with van der Waals surface area (Å²) >= 11 is 0. The highest BCUT2D eigenvalue weighted by molar-refractivity contribution is 7.81. The zero-order chi connectivity index (χ0) is 22.2. The maximum Gasteiger partial charge on any atom is 0.280 e. The maximum absolute atomic E-state index is 6.43. The van der Waals surface area contributed by atoms with Crippen LogP contribution in [0.3, 0.4) is 0 Å². The van der Waals surface area contributed by atoms with Crippen LogP contribution in [0.4, 0.5) is 0 Å². The molecule has 2 aliphatic carbocycles. The first kappa shape index (κ1) is 22.8. The molecule has 4 aliphatic heterocycles. The Bertz CT molecular complexity index is 963. The molecule has 0 aromatic carbocycles. The molecule has 2 unspecified atom stereocenters. The molecule has 3 saturated heterocycles. The molecule has 6 aliphatic rings. The van der Waals surface area contributed by atoms with Gasteiger partial charge in [-0.15, -0.1) is 0 Å². The fourth-order valence-electron chi connectivity index (χ4n) is 5.04. The van der Waals surface area contributed by atoms with Crippen LogP contribution in [0.2, 0.25) is 0 Å². The Kier molecular flexibility index (Phi) is 6.55. The molecule has 0 saturated carbocycles. The Morgan fingerprint density at radius 3 is 1.70 bits per heavy atom. The Hall–Kier alpha value is -0.590. The van der Waals surface area contributed by atoms with E-state index in [2.05, 4.69) is 68.1 Å². The van der Waals surface area contributed by atoms with Gasteiger partial charge in [0.1, 0.15) is 0 Å². The highest BCUT2D eigenvalue weighted by Crippen LogP contribution is 2.80. The van der Waals surface area contributed by atoms with E-state index in [4.69, 9.17) is 22.6 Å². The topological polar surface area (TPSA) is 86.1 Å². The second-order valence-electron chi connectivity index (χ2n) is 9.13. The van der Waals surface area contributed by atoms with Crippen molar-refractivity contribution in [1.29, 1.82) is 0 Å². The second kappa shape index (κ2) is 9.46. The maximum atomic E-state index is 6.43. The van der Waals surface area contributed by atoms with Crippen molar-refractivity contribution in [3.63, 3.8) is 0 Å². The fourth-order valence-corrected chi connectivity index (χ4v) is 17.8. The number of rotatable bonds is 4. The Morgan fingerprint density at radius 1 is 0.697 bits per heavy atom. The molecule has 2 atom stereocenters. The zero-order valence-electron chi connectivity index (χ0n) is 18.9. The lowest BCUT2D eigenvalue weighted by molar-refractivity contribution is 0.285. The number of hydrogen-bond donors (Lipinski definition) is 2. The van der Waals surface area contributed by atoms with E-state index < -0.39 is 22.7 Å². The van der Waals surface area contributed by atoms with Crippen molar-refractivity contribution < 1.29 is 9.05 Å². The highest BCUT2D eigenvalue weighted by Gasteiger charge is 2.48. The van der Waals surface area contributed by atoms with Crippen molar-refractivity contribution in [3.8, 4) is 0 Å². The van der Waals surface area contributed by atoms with E-state index in [1.54, 1.807) is 0 Å². The SMILES string of the molecule is C1=CC(CN2CCCN(CC3C=CC=C3)P23=NP2(=NP4(=N3)NCCCO4)NCCCO2)C=C1. The van der Waals surface area contributed by atoms with Crippen LogP contribution in [-0.4, -0.2) is 61.8 Å². The minimum Gasteiger partial charge on any atom is -0.316 e. The normalized spacial score (nSPS) is 36.6. The minimum atomic E-state index is -2.55. The van der Waals surface area contributed by atoms with Crippen molar-refractivity contribution >= 4 is 22.7 Å². The van der Waals surface area contributed by atoms with Gasteiger partial charge in [-0.1, -0.05) is 48.6 Å². The molecule has 2 N–H and O–H groups in total. The molecule has 6 rings (SSSR count). The van der Waals surface area contributed by atoms with Gasteiger partial charge >= 0.3 is 0 Å². The van der Waals surface area contributed by atoms with Gasteiger partial charge in [-0.2, -0.15) is 13.5 Å². The lowest BCUT2D eigenvalue weighted by Crippen LogP contribution is -2.42. The molecule has 0 amide bonds. The third-order valence-corrected chi connectivity index (χ3v) is 17.0. The van der Waals surface area contributed by atoms with E-state index >= 15 is 0 Å². The summed E-state index contributed by atoms with van der Waals surface area (Å²) in [7, 11) is -7.57. The molecule has 9 nitrogen and oxygen atoms in total. The van der Waals surface area contributed by atoms with Gasteiger partial charge in [-0.3, -0.25) is 0 Å². The quantitative estimate of drug-likeness (QED) is 0.497. The van der Waals surface area contributed by atoms with Crippen LogP contribution in [0.1, 0.15) is 19.3 Å². The summed E-state index contributed by atoms with van der Waals surface area (Å²) < 4.78 is 34.3. The molecule has 4 heterocycles. The summed E-state index contributed by atoms with van der Waals surface area (Å²) in [5.74, 6) is 0.780. The first-order valence-corrected chi connectivity index (χ1v) is 16.9. The lowest BCUT2D eigenvalue weighted by atomic mass is 10.1. The summed E-state index contributed by atoms with van der Waals surface area (Å²) in [6.07, 6.45) is 20.8. The van der Waals surface area contributed by atoms with Crippen molar-refractivity contribution in [3.05, 3.63) is 48.6 Å². The molecule has 3 spiro atoms. The molecule has 0 radical (unpaired) electrons. The molecular formula is C21H34N7O2P3. The van der Waals surface area contributed by atoms with E-state index in [0.29, 0.717) is 25.0 Å². The van der Waals surface area contributed by atoms with Crippen molar-refractivity contribution in [2.24, 2.45) is 25.4 Å². The predicted octanol–water partition coefficient (Wildman–Crippen LogP) is 5.35. The standard InChI is InChI=1S/C21H34N7O2P3/c1-2-9-20(8-1)18-27-14-7-15-28(19-21-10-3-4-11-21)33(27)25-31(22-12-5-16-29-31)24-32(26-33)23-13-6-17-30-32/h1-4,8-11,20-23H,5-7,12-19H2. The monoisotopic (exact) mass is 509 g/mol. The summed E-state index contributed by atoms with van der Waals surface area (Å²) in [5, 5.41) is 7.26. The Morgan fingerprint density at radius 2 is 1.21 bits per heavy atom. The van der Waals surface area contributed by atoms with E-state index in [1.165, 1.54) is 0 Å². The largest absolute Gasteiger partial charge is 0.316 e. The highest BCUT2D eigenvalue weighted by atomic mass is 31.3. The molecule has 3 fully saturated rings. The number of hydrogen-bond acceptors (Lipinski definition) is 9. The molecular weight excluding hydrogens is 475 g/mol. The van der Waals surface area contributed by atoms with Gasteiger partial charge in [0.2, 0.25) is 7.51 Å². The molecule has 12 heteroatoms. The van der Waals surface area contributed by atoms with Gasteiger partial charge in [-0.25, -0.2) is 19.5 Å². The first-order valence-electron chi connectivity index (χ1n) is 12.1. The van der Waals surface area contributed by atoms with Gasteiger partial charge < -0.3 is 9.05 Å². The predicted molar refractivity (Wildman–Crippen MR) is 136 cm³/mol. The average Bonchev–Trinajstić information content (AvgIpc) is 3.52. The van der Waals surface area contributed by atoms with E-state index in [1.807, 2.05) is 0 Å². The Labute approximate surface area is 197 Å². The van der Waals surface area contributed by atoms with Crippen LogP contribution in [0.15, 0.2) is 62.2 Å². The van der Waals surface area contributed by atoms with Gasteiger partial charge in [-0.05, 0) is 19.3 Å². The average molecular weight is 509 g/mol. The number of nitrogens with zero attached hydrogens (tertiary/aromatic N) is 5. The Balaban J connectivity index is 1.50. The van der Waals surface area contributed by atoms with Crippen LogP contribution in [-0.2, 0) is 9.05 Å². The van der Waals surface area contributed by atoms with Gasteiger partial charge in [0.25, 0.3) is 15.2 Å². The van der Waals surface area contributed by atoms with Crippen molar-refractivity contribution in [1.82, 2.24) is 19.5 Å². The lowest BCUT2D eigenvalue weighted by Gasteiger charge is -2.49. The summed E-state index contributed by atoms with van der Waals surface area (Å²) in [4.78, 5) is 0. The van der Waals surface area contributed by atoms with Gasteiger partial charge in [0.15, 0.2) is 0 Å². The zero-order valence-corrected chi connectivity index (χ0v) is 21.6. The van der Waals surface area contributed by atoms with Crippen LogP contribution >= 0.6 is 22.7 Å². The molecule has 180 valence electrons. The van der Waals surface area contributed by atoms with Crippen molar-refractivity contribution in [2.45, 2.75) is 19.3 Å². The fraction of sp³-hybridized carbons (Fsp3) is 0.619. The van der Waals surface area contributed by atoms with E-state index in [9.17, 15) is 0 Å². The van der Waals surface area contributed by atoms with Gasteiger partial charge in [0.05, 0.1) is 13.2 Å².